The fourth-order valence-corrected chi connectivity index (χ4v) is 2.27. The Morgan fingerprint density at radius 1 is 1.20 bits per heavy atom. The maximum atomic E-state index is 13.9. The van der Waals surface area contributed by atoms with Gasteiger partial charge in [0.05, 0.1) is 21.9 Å². The van der Waals surface area contributed by atoms with E-state index < -0.39 is 23.0 Å². The molecule has 106 valence electrons. The van der Waals surface area contributed by atoms with Crippen molar-refractivity contribution in [3.05, 3.63) is 63.6 Å². The molecule has 0 saturated heterocycles. The lowest BCUT2D eigenvalue weighted by Crippen LogP contribution is -2.37. The Labute approximate surface area is 123 Å². The van der Waals surface area contributed by atoms with E-state index in [-0.39, 0.29) is 16.5 Å². The Hall–Kier alpha value is -1.40. The molecule has 0 fully saturated rings. The summed E-state index contributed by atoms with van der Waals surface area (Å²) in [6.07, 6.45) is 0.927. The maximum Gasteiger partial charge on any atom is 0.143 e. The highest BCUT2D eigenvalue weighted by atomic mass is 79.9. The third-order valence-electron chi connectivity index (χ3n) is 3.00. The van der Waals surface area contributed by atoms with Crippen molar-refractivity contribution < 1.29 is 13.2 Å². The van der Waals surface area contributed by atoms with E-state index in [2.05, 4.69) is 20.9 Å². The number of hydrogen-bond donors (Lipinski definition) is 1. The first-order valence-electron chi connectivity index (χ1n) is 5.84. The number of rotatable bonds is 3. The van der Waals surface area contributed by atoms with Crippen LogP contribution >= 0.6 is 15.9 Å². The Kier molecular flexibility index (Phi) is 4.15. The molecule has 20 heavy (non-hydrogen) atoms. The van der Waals surface area contributed by atoms with Gasteiger partial charge in [0.2, 0.25) is 0 Å². The molecule has 0 aliphatic heterocycles. The fourth-order valence-electron chi connectivity index (χ4n) is 1.90. The summed E-state index contributed by atoms with van der Waals surface area (Å²) in [4.78, 5) is 3.87. The van der Waals surface area contributed by atoms with Crippen molar-refractivity contribution >= 4 is 15.9 Å². The molecule has 0 spiro atoms. The van der Waals surface area contributed by atoms with Gasteiger partial charge in [-0.15, -0.1) is 0 Å². The van der Waals surface area contributed by atoms with Crippen molar-refractivity contribution in [3.63, 3.8) is 0 Å². The number of benzene rings is 1. The van der Waals surface area contributed by atoms with Crippen LogP contribution < -0.4 is 5.73 Å². The fraction of sp³-hybridized carbons (Fsp3) is 0.214. The number of nitrogens with two attached hydrogens (primary N) is 1. The molecule has 2 aromatic rings. The standard InChI is InChI=1S/C14H12BrF3N2/c1-14(19,12-5-2-8(16)7-20-12)6-9-11(17)4-3-10(15)13(9)18/h2-5,7H,6,19H2,1H3. The second-order valence-electron chi connectivity index (χ2n) is 4.78. The molecule has 0 bridgehead atoms. The smallest absolute Gasteiger partial charge is 0.143 e. The lowest BCUT2D eigenvalue weighted by molar-refractivity contribution is 0.442. The van der Waals surface area contributed by atoms with Crippen LogP contribution in [0.3, 0.4) is 0 Å². The molecule has 6 heteroatoms. The summed E-state index contributed by atoms with van der Waals surface area (Å²) in [5, 5.41) is 0. The Bertz CT molecular complexity index is 627. The second-order valence-corrected chi connectivity index (χ2v) is 5.63. The Morgan fingerprint density at radius 3 is 2.50 bits per heavy atom. The van der Waals surface area contributed by atoms with Gasteiger partial charge in [0.25, 0.3) is 0 Å². The molecule has 2 rings (SSSR count). The van der Waals surface area contributed by atoms with Crippen LogP contribution in [0.5, 0.6) is 0 Å². The minimum atomic E-state index is -1.11. The predicted octanol–water partition coefficient (Wildman–Crippen LogP) is 3.68. The molecule has 1 aromatic carbocycles. The van der Waals surface area contributed by atoms with Crippen LogP contribution in [0.2, 0.25) is 0 Å². The van der Waals surface area contributed by atoms with Crippen LogP contribution in [-0.2, 0) is 12.0 Å². The molecule has 1 aromatic heterocycles. The predicted molar refractivity (Wildman–Crippen MR) is 73.5 cm³/mol. The molecule has 1 atom stereocenters. The molecule has 0 aliphatic rings. The van der Waals surface area contributed by atoms with Crippen molar-refractivity contribution in [3.8, 4) is 0 Å². The van der Waals surface area contributed by atoms with Crippen molar-refractivity contribution in [1.29, 1.82) is 0 Å². The van der Waals surface area contributed by atoms with Crippen LogP contribution in [0, 0.1) is 17.5 Å². The van der Waals surface area contributed by atoms with Crippen molar-refractivity contribution in [2.45, 2.75) is 18.9 Å². The van der Waals surface area contributed by atoms with Crippen LogP contribution in [0.25, 0.3) is 0 Å². The Balaban J connectivity index is 2.38. The van der Waals surface area contributed by atoms with E-state index in [4.69, 9.17) is 5.73 Å². The van der Waals surface area contributed by atoms with E-state index in [1.54, 1.807) is 6.92 Å². The molecule has 0 amide bonds. The lowest BCUT2D eigenvalue weighted by Gasteiger charge is -2.24. The van der Waals surface area contributed by atoms with Gasteiger partial charge in [-0.05, 0) is 47.1 Å². The largest absolute Gasteiger partial charge is 0.320 e. The van der Waals surface area contributed by atoms with Gasteiger partial charge in [0.1, 0.15) is 17.5 Å². The van der Waals surface area contributed by atoms with Gasteiger partial charge in [0, 0.05) is 12.0 Å². The third-order valence-corrected chi connectivity index (χ3v) is 3.61. The molecular weight excluding hydrogens is 333 g/mol. The topological polar surface area (TPSA) is 38.9 Å². The summed E-state index contributed by atoms with van der Waals surface area (Å²) >= 11 is 3.01. The average Bonchev–Trinajstić information content (AvgIpc) is 2.40. The van der Waals surface area contributed by atoms with Gasteiger partial charge < -0.3 is 5.73 Å². The van der Waals surface area contributed by atoms with E-state index in [0.29, 0.717) is 5.69 Å². The quantitative estimate of drug-likeness (QED) is 0.862. The maximum absolute atomic E-state index is 13.9. The van der Waals surface area contributed by atoms with Gasteiger partial charge in [-0.3, -0.25) is 4.98 Å². The van der Waals surface area contributed by atoms with Gasteiger partial charge in [0.15, 0.2) is 0 Å². The minimum absolute atomic E-state index is 0.0945. The summed E-state index contributed by atoms with van der Waals surface area (Å²) in [6.45, 7) is 1.59. The molecule has 0 radical (unpaired) electrons. The summed E-state index contributed by atoms with van der Waals surface area (Å²) in [6, 6.07) is 5.07. The first-order chi connectivity index (χ1) is 9.31. The SMILES string of the molecule is CC(N)(Cc1c(F)ccc(Br)c1F)c1ccc(F)cn1. The third kappa shape index (κ3) is 3.02. The number of halogens is 4. The van der Waals surface area contributed by atoms with Crippen LogP contribution in [0.1, 0.15) is 18.2 Å². The molecule has 1 unspecified atom stereocenters. The molecule has 1 heterocycles. The summed E-state index contributed by atoms with van der Waals surface area (Å²) in [5.74, 6) is -1.86. The van der Waals surface area contributed by atoms with E-state index >= 15 is 0 Å². The van der Waals surface area contributed by atoms with Crippen LogP contribution in [0.4, 0.5) is 13.2 Å². The number of nitrogens with zero attached hydrogens (tertiary/aromatic N) is 1. The first-order valence-corrected chi connectivity index (χ1v) is 6.64. The van der Waals surface area contributed by atoms with E-state index in [0.717, 1.165) is 12.3 Å². The summed E-state index contributed by atoms with van der Waals surface area (Å²) in [7, 11) is 0. The average molecular weight is 345 g/mol. The summed E-state index contributed by atoms with van der Waals surface area (Å²) < 4.78 is 40.7. The molecule has 0 saturated carbocycles. The highest BCUT2D eigenvalue weighted by Gasteiger charge is 2.27. The first kappa shape index (κ1) is 15.0. The molecule has 0 aliphatic carbocycles. The molecular formula is C14H12BrF3N2. The van der Waals surface area contributed by atoms with Gasteiger partial charge >= 0.3 is 0 Å². The van der Waals surface area contributed by atoms with Gasteiger partial charge in [-0.1, -0.05) is 0 Å². The zero-order valence-corrected chi connectivity index (χ0v) is 12.2. The Morgan fingerprint density at radius 2 is 1.90 bits per heavy atom. The molecule has 2 nitrogen and oxygen atoms in total. The van der Waals surface area contributed by atoms with Crippen LogP contribution in [0.15, 0.2) is 34.9 Å². The zero-order chi connectivity index (χ0) is 14.9. The van der Waals surface area contributed by atoms with Gasteiger partial charge in [-0.2, -0.15) is 0 Å². The number of pyridine rings is 1. The minimum Gasteiger partial charge on any atom is -0.320 e. The monoisotopic (exact) mass is 344 g/mol. The van der Waals surface area contributed by atoms with Crippen molar-refractivity contribution in [1.82, 2.24) is 4.98 Å². The van der Waals surface area contributed by atoms with E-state index in [1.807, 2.05) is 0 Å². The van der Waals surface area contributed by atoms with E-state index in [9.17, 15) is 13.2 Å². The molecule has 2 N–H and O–H groups in total. The highest BCUT2D eigenvalue weighted by Crippen LogP contribution is 2.28. The highest BCUT2D eigenvalue weighted by molar-refractivity contribution is 9.10. The second kappa shape index (κ2) is 5.54. The zero-order valence-electron chi connectivity index (χ0n) is 10.6. The number of hydrogen-bond acceptors (Lipinski definition) is 2. The van der Waals surface area contributed by atoms with Crippen molar-refractivity contribution in [2.75, 3.05) is 0 Å². The van der Waals surface area contributed by atoms with E-state index in [1.165, 1.54) is 18.2 Å². The van der Waals surface area contributed by atoms with Gasteiger partial charge in [-0.25, -0.2) is 13.2 Å². The van der Waals surface area contributed by atoms with Crippen molar-refractivity contribution in [2.24, 2.45) is 5.73 Å². The normalized spacial score (nSPS) is 14.1. The summed E-state index contributed by atoms with van der Waals surface area (Å²) in [5.41, 5.74) is 5.19. The lowest BCUT2D eigenvalue weighted by atomic mass is 9.89. The van der Waals surface area contributed by atoms with Crippen LogP contribution in [-0.4, -0.2) is 4.98 Å². The number of aromatic nitrogens is 1.